The van der Waals surface area contributed by atoms with Crippen molar-refractivity contribution in [2.24, 2.45) is 17.4 Å². The highest BCUT2D eigenvalue weighted by Crippen LogP contribution is 2.21. The molecule has 1 aromatic heterocycles. The van der Waals surface area contributed by atoms with Gasteiger partial charge in [0.1, 0.15) is 0 Å². The first-order valence-electron chi connectivity index (χ1n) is 11.7. The maximum absolute atomic E-state index is 12.8. The zero-order valence-electron chi connectivity index (χ0n) is 19.5. The van der Waals surface area contributed by atoms with E-state index in [1.165, 1.54) is 0 Å². The Morgan fingerprint density at radius 3 is 1.83 bits per heavy atom. The van der Waals surface area contributed by atoms with Crippen molar-refractivity contribution < 1.29 is 9.59 Å². The van der Waals surface area contributed by atoms with Crippen molar-refractivity contribution >= 4 is 11.7 Å². The van der Waals surface area contributed by atoms with E-state index in [0.29, 0.717) is 12.8 Å². The maximum atomic E-state index is 12.8. The van der Waals surface area contributed by atoms with Crippen LogP contribution in [-0.4, -0.2) is 22.7 Å². The minimum absolute atomic E-state index is 0.0129. The van der Waals surface area contributed by atoms with Crippen LogP contribution in [0.4, 0.5) is 0 Å². The summed E-state index contributed by atoms with van der Waals surface area (Å²) in [5, 5.41) is 0. The number of pyridine rings is 1. The van der Waals surface area contributed by atoms with E-state index in [9.17, 15) is 9.59 Å². The number of hydrogen-bond acceptors (Lipinski definition) is 4. The van der Waals surface area contributed by atoms with Crippen LogP contribution in [0.2, 0.25) is 0 Å². The third kappa shape index (κ3) is 6.49. The number of nitrogens with two attached hydrogens (primary N) is 2. The van der Waals surface area contributed by atoms with E-state index in [1.54, 1.807) is 6.20 Å². The highest BCUT2D eigenvalue weighted by molar-refractivity contribution is 5.89. The van der Waals surface area contributed by atoms with Crippen LogP contribution in [0.5, 0.6) is 0 Å². The standard InChI is InChI=1S/C30H29N3O2/c31-27(18-21-11-14-24(15-12-21)23-7-3-1-4-8-23)29(34)19-26(30(32)35)17-22-13-16-28(33-20-22)25-9-5-2-6-10-25/h1-16,20,26-27H,17-19,31H2,(H2,32,35)/t26-,27+/m1/s1. The summed E-state index contributed by atoms with van der Waals surface area (Å²) in [4.78, 5) is 29.4. The van der Waals surface area contributed by atoms with Crippen molar-refractivity contribution in [1.29, 1.82) is 0 Å². The Bertz CT molecular complexity index is 1250. The van der Waals surface area contributed by atoms with Gasteiger partial charge in [0.2, 0.25) is 5.91 Å². The van der Waals surface area contributed by atoms with E-state index >= 15 is 0 Å². The number of hydrogen-bond donors (Lipinski definition) is 2. The number of primary amides is 1. The lowest BCUT2D eigenvalue weighted by atomic mass is 9.90. The van der Waals surface area contributed by atoms with Gasteiger partial charge in [-0.2, -0.15) is 0 Å². The zero-order valence-corrected chi connectivity index (χ0v) is 19.5. The molecular weight excluding hydrogens is 434 g/mol. The van der Waals surface area contributed by atoms with E-state index in [4.69, 9.17) is 11.5 Å². The van der Waals surface area contributed by atoms with Crippen molar-refractivity contribution in [2.45, 2.75) is 25.3 Å². The first-order chi connectivity index (χ1) is 17.0. The summed E-state index contributed by atoms with van der Waals surface area (Å²) in [7, 11) is 0. The van der Waals surface area contributed by atoms with Gasteiger partial charge in [0.25, 0.3) is 0 Å². The fraction of sp³-hybridized carbons (Fsp3) is 0.167. The molecule has 0 saturated carbocycles. The predicted molar refractivity (Wildman–Crippen MR) is 139 cm³/mol. The summed E-state index contributed by atoms with van der Waals surface area (Å²) in [5.74, 6) is -1.31. The Balaban J connectivity index is 1.35. The number of Topliss-reactive ketones (excluding diaryl/α,β-unsaturated/α-hetero) is 1. The third-order valence-electron chi connectivity index (χ3n) is 6.16. The van der Waals surface area contributed by atoms with Gasteiger partial charge < -0.3 is 11.5 Å². The molecule has 4 aromatic rings. The van der Waals surface area contributed by atoms with Crippen molar-refractivity contribution in [3.8, 4) is 22.4 Å². The Labute approximate surface area is 205 Å². The van der Waals surface area contributed by atoms with Crippen LogP contribution in [0.3, 0.4) is 0 Å². The van der Waals surface area contributed by atoms with Crippen LogP contribution in [-0.2, 0) is 22.4 Å². The molecule has 3 aromatic carbocycles. The van der Waals surface area contributed by atoms with Gasteiger partial charge in [0.15, 0.2) is 5.78 Å². The number of ketones is 1. The second-order valence-electron chi connectivity index (χ2n) is 8.77. The van der Waals surface area contributed by atoms with E-state index in [0.717, 1.165) is 33.5 Å². The summed E-state index contributed by atoms with van der Waals surface area (Å²) in [6, 6.07) is 31.1. The molecule has 4 N–H and O–H groups in total. The molecule has 5 nitrogen and oxygen atoms in total. The van der Waals surface area contributed by atoms with Gasteiger partial charge in [0.05, 0.1) is 11.7 Å². The average Bonchev–Trinajstić information content (AvgIpc) is 2.90. The topological polar surface area (TPSA) is 99.1 Å². The number of rotatable bonds is 10. The van der Waals surface area contributed by atoms with Crippen LogP contribution < -0.4 is 11.5 Å². The van der Waals surface area contributed by atoms with E-state index in [-0.39, 0.29) is 12.2 Å². The molecular formula is C30H29N3O2. The predicted octanol–water partition coefficient (Wildman–Crippen LogP) is 4.59. The van der Waals surface area contributed by atoms with Gasteiger partial charge in [0, 0.05) is 24.1 Å². The molecule has 1 heterocycles. The summed E-state index contributed by atoms with van der Waals surface area (Å²) < 4.78 is 0. The number of nitrogens with zero attached hydrogens (tertiary/aromatic N) is 1. The van der Waals surface area contributed by atoms with Crippen molar-refractivity contribution in [2.75, 3.05) is 0 Å². The Kier molecular flexibility index (Phi) is 7.81. The first-order valence-corrected chi connectivity index (χ1v) is 11.7. The molecule has 0 bridgehead atoms. The molecule has 2 atom stereocenters. The van der Waals surface area contributed by atoms with Crippen LogP contribution in [0.1, 0.15) is 17.5 Å². The summed E-state index contributed by atoms with van der Waals surface area (Å²) in [5.41, 5.74) is 17.8. The molecule has 0 saturated heterocycles. The number of amides is 1. The van der Waals surface area contributed by atoms with Gasteiger partial charge in [-0.15, -0.1) is 0 Å². The van der Waals surface area contributed by atoms with Gasteiger partial charge in [-0.05, 0) is 41.2 Å². The van der Waals surface area contributed by atoms with Crippen LogP contribution in [0.25, 0.3) is 22.4 Å². The molecule has 176 valence electrons. The van der Waals surface area contributed by atoms with Crippen LogP contribution in [0, 0.1) is 5.92 Å². The summed E-state index contributed by atoms with van der Waals surface area (Å²) in [6.07, 6.45) is 2.50. The van der Waals surface area contributed by atoms with Crippen molar-refractivity contribution in [3.63, 3.8) is 0 Å². The Morgan fingerprint density at radius 2 is 1.26 bits per heavy atom. The number of benzene rings is 3. The largest absolute Gasteiger partial charge is 0.369 e. The molecule has 1 amide bonds. The number of carbonyl (C=O) groups is 2. The van der Waals surface area contributed by atoms with Gasteiger partial charge in [-0.25, -0.2) is 0 Å². The average molecular weight is 464 g/mol. The molecule has 0 aliphatic carbocycles. The molecule has 5 heteroatoms. The van der Waals surface area contributed by atoms with E-state index in [2.05, 4.69) is 17.1 Å². The molecule has 0 unspecified atom stereocenters. The Morgan fingerprint density at radius 1 is 0.686 bits per heavy atom. The lowest BCUT2D eigenvalue weighted by Gasteiger charge is -2.16. The van der Waals surface area contributed by atoms with Crippen molar-refractivity contribution in [1.82, 2.24) is 4.98 Å². The summed E-state index contributed by atoms with van der Waals surface area (Å²) in [6.45, 7) is 0. The van der Waals surface area contributed by atoms with Crippen molar-refractivity contribution in [3.05, 3.63) is 114 Å². The van der Waals surface area contributed by atoms with Gasteiger partial charge in [-0.1, -0.05) is 91.0 Å². The third-order valence-corrected chi connectivity index (χ3v) is 6.16. The molecule has 35 heavy (non-hydrogen) atoms. The highest BCUT2D eigenvalue weighted by atomic mass is 16.1. The van der Waals surface area contributed by atoms with E-state index in [1.807, 2.05) is 84.9 Å². The summed E-state index contributed by atoms with van der Waals surface area (Å²) >= 11 is 0. The lowest BCUT2D eigenvalue weighted by Crippen LogP contribution is -2.37. The Hall–Kier alpha value is -4.09. The SMILES string of the molecule is NC(=O)[C@@H](CC(=O)[C@@H](N)Cc1ccc(-c2ccccc2)cc1)Cc1ccc(-c2ccccc2)nc1. The quantitative estimate of drug-likeness (QED) is 0.359. The van der Waals surface area contributed by atoms with Gasteiger partial charge >= 0.3 is 0 Å². The minimum Gasteiger partial charge on any atom is -0.369 e. The molecule has 0 aliphatic heterocycles. The fourth-order valence-corrected chi connectivity index (χ4v) is 4.11. The molecule has 4 rings (SSSR count). The molecule has 0 radical (unpaired) electrons. The minimum atomic E-state index is -0.696. The lowest BCUT2D eigenvalue weighted by molar-refractivity contribution is -0.127. The van der Waals surface area contributed by atoms with Crippen LogP contribution >= 0.6 is 0 Å². The fourth-order valence-electron chi connectivity index (χ4n) is 4.11. The van der Waals surface area contributed by atoms with E-state index < -0.39 is 17.9 Å². The highest BCUT2D eigenvalue weighted by Gasteiger charge is 2.24. The molecule has 0 fully saturated rings. The van der Waals surface area contributed by atoms with Crippen LogP contribution in [0.15, 0.2) is 103 Å². The number of aromatic nitrogens is 1. The van der Waals surface area contributed by atoms with Gasteiger partial charge in [-0.3, -0.25) is 14.6 Å². The monoisotopic (exact) mass is 463 g/mol. The first kappa shape index (κ1) is 24.0. The maximum Gasteiger partial charge on any atom is 0.221 e. The second kappa shape index (κ2) is 11.4. The number of carbonyl (C=O) groups excluding carboxylic acids is 2. The molecule has 0 spiro atoms. The smallest absolute Gasteiger partial charge is 0.221 e. The second-order valence-corrected chi connectivity index (χ2v) is 8.77. The molecule has 0 aliphatic rings. The zero-order chi connectivity index (χ0) is 24.6. The normalized spacial score (nSPS) is 12.6.